The molecule has 0 aromatic carbocycles. The predicted molar refractivity (Wildman–Crippen MR) is 102 cm³/mol. The molecular weight excluding hydrogens is 344 g/mol. The highest BCUT2D eigenvalue weighted by Crippen LogP contribution is 2.41. The highest BCUT2D eigenvalue weighted by atomic mass is 16.5. The van der Waals surface area contributed by atoms with Gasteiger partial charge in [0.15, 0.2) is 0 Å². The van der Waals surface area contributed by atoms with Crippen molar-refractivity contribution in [3.05, 3.63) is 17.5 Å². The van der Waals surface area contributed by atoms with E-state index in [-0.39, 0.29) is 17.2 Å². The third-order valence-electron chi connectivity index (χ3n) is 5.95. The molecule has 27 heavy (non-hydrogen) atoms. The molecule has 0 unspecified atom stereocenters. The van der Waals surface area contributed by atoms with E-state index >= 15 is 0 Å². The van der Waals surface area contributed by atoms with Gasteiger partial charge in [-0.1, -0.05) is 13.3 Å². The summed E-state index contributed by atoms with van der Waals surface area (Å²) in [6.45, 7) is 5.82. The van der Waals surface area contributed by atoms with Gasteiger partial charge in [-0.2, -0.15) is 5.10 Å². The van der Waals surface area contributed by atoms with Gasteiger partial charge in [-0.25, -0.2) is 0 Å². The number of piperidine rings is 1. The van der Waals surface area contributed by atoms with E-state index < -0.39 is 0 Å². The van der Waals surface area contributed by atoms with Crippen molar-refractivity contribution in [2.75, 3.05) is 39.9 Å². The first-order valence-electron chi connectivity index (χ1n) is 10.1. The minimum absolute atomic E-state index is 0.0424. The van der Waals surface area contributed by atoms with E-state index in [1.54, 1.807) is 11.8 Å². The van der Waals surface area contributed by atoms with E-state index in [1.807, 2.05) is 22.9 Å². The Morgan fingerprint density at radius 3 is 2.74 bits per heavy atom. The Morgan fingerprint density at radius 1 is 1.33 bits per heavy atom. The zero-order valence-electron chi connectivity index (χ0n) is 16.9. The highest BCUT2D eigenvalue weighted by molar-refractivity contribution is 5.92. The molecule has 0 atom stereocenters. The van der Waals surface area contributed by atoms with Crippen LogP contribution in [0.1, 0.15) is 55.2 Å². The first-order chi connectivity index (χ1) is 13.0. The molecule has 2 aliphatic heterocycles. The fraction of sp³-hybridized carbons (Fsp3) is 0.750. The van der Waals surface area contributed by atoms with Gasteiger partial charge in [0, 0.05) is 58.8 Å². The summed E-state index contributed by atoms with van der Waals surface area (Å²) in [6, 6.07) is 1.92. The average Bonchev–Trinajstić information content (AvgIpc) is 3.15. The van der Waals surface area contributed by atoms with Crippen molar-refractivity contribution in [2.24, 2.45) is 12.5 Å². The maximum absolute atomic E-state index is 12.9. The third kappa shape index (κ3) is 4.34. The Labute approximate surface area is 161 Å². The number of ether oxygens (including phenoxy) is 1. The lowest BCUT2D eigenvalue weighted by Crippen LogP contribution is -2.44. The monoisotopic (exact) mass is 376 g/mol. The van der Waals surface area contributed by atoms with Gasteiger partial charge < -0.3 is 14.5 Å². The Hall–Kier alpha value is -1.89. The molecule has 3 heterocycles. The Balaban J connectivity index is 1.57. The molecule has 150 valence electrons. The zero-order valence-corrected chi connectivity index (χ0v) is 16.9. The number of likely N-dealkylation sites (tertiary alicyclic amines) is 2. The molecular formula is C20H32N4O3. The van der Waals surface area contributed by atoms with Gasteiger partial charge in [0.1, 0.15) is 5.69 Å². The van der Waals surface area contributed by atoms with Crippen LogP contribution >= 0.6 is 0 Å². The number of carbonyl (C=O) groups is 2. The summed E-state index contributed by atoms with van der Waals surface area (Å²) in [6.07, 6.45) is 5.20. The quantitative estimate of drug-likeness (QED) is 0.681. The van der Waals surface area contributed by atoms with Gasteiger partial charge >= 0.3 is 0 Å². The number of methoxy groups -OCH3 is 1. The van der Waals surface area contributed by atoms with Crippen molar-refractivity contribution in [3.63, 3.8) is 0 Å². The highest BCUT2D eigenvalue weighted by Gasteiger charge is 2.45. The van der Waals surface area contributed by atoms with Crippen molar-refractivity contribution >= 4 is 11.8 Å². The van der Waals surface area contributed by atoms with Crippen LogP contribution in [-0.2, 0) is 23.0 Å². The average molecular weight is 377 g/mol. The Morgan fingerprint density at radius 2 is 2.07 bits per heavy atom. The van der Waals surface area contributed by atoms with Crippen LogP contribution in [0.3, 0.4) is 0 Å². The molecule has 0 radical (unpaired) electrons. The first kappa shape index (κ1) is 19.9. The molecule has 7 heteroatoms. The number of nitrogens with zero attached hydrogens (tertiary/aromatic N) is 4. The Bertz CT molecular complexity index is 677. The summed E-state index contributed by atoms with van der Waals surface area (Å²) in [4.78, 5) is 29.2. The number of aryl methyl sites for hydroxylation is 2. The van der Waals surface area contributed by atoms with Crippen LogP contribution in [0.25, 0.3) is 0 Å². The summed E-state index contributed by atoms with van der Waals surface area (Å²) < 4.78 is 6.80. The van der Waals surface area contributed by atoms with Crippen molar-refractivity contribution in [1.82, 2.24) is 19.6 Å². The lowest BCUT2D eigenvalue weighted by atomic mass is 9.77. The Kier molecular flexibility index (Phi) is 6.19. The van der Waals surface area contributed by atoms with E-state index in [1.165, 1.54) is 0 Å². The predicted octanol–water partition coefficient (Wildman–Crippen LogP) is 1.86. The number of rotatable bonds is 7. The molecule has 0 bridgehead atoms. The van der Waals surface area contributed by atoms with Gasteiger partial charge in [0.25, 0.3) is 5.91 Å². The topological polar surface area (TPSA) is 67.7 Å². The summed E-state index contributed by atoms with van der Waals surface area (Å²) in [7, 11) is 3.53. The molecule has 1 aromatic rings. The SMILES string of the molecule is CCCc1cc(C(=O)N2CCC3(CC2)CC(=O)N(CCCOC)C3)n(C)n1. The smallest absolute Gasteiger partial charge is 0.272 e. The number of amides is 2. The molecule has 2 amide bonds. The summed E-state index contributed by atoms with van der Waals surface area (Å²) in [5.74, 6) is 0.310. The second-order valence-electron chi connectivity index (χ2n) is 8.03. The minimum atomic E-state index is 0.0424. The molecule has 0 aliphatic carbocycles. The van der Waals surface area contributed by atoms with Crippen LogP contribution in [0.15, 0.2) is 6.07 Å². The van der Waals surface area contributed by atoms with Gasteiger partial charge in [-0.3, -0.25) is 14.3 Å². The van der Waals surface area contributed by atoms with E-state index in [9.17, 15) is 9.59 Å². The van der Waals surface area contributed by atoms with Gasteiger partial charge in [0.2, 0.25) is 5.91 Å². The van der Waals surface area contributed by atoms with E-state index in [0.717, 1.165) is 50.9 Å². The van der Waals surface area contributed by atoms with E-state index in [2.05, 4.69) is 12.0 Å². The molecule has 7 nitrogen and oxygen atoms in total. The summed E-state index contributed by atoms with van der Waals surface area (Å²) in [5.41, 5.74) is 1.68. The molecule has 1 aromatic heterocycles. The summed E-state index contributed by atoms with van der Waals surface area (Å²) in [5, 5.41) is 4.45. The van der Waals surface area contributed by atoms with Crippen LogP contribution in [0.5, 0.6) is 0 Å². The zero-order chi connectivity index (χ0) is 19.4. The number of hydrogen-bond donors (Lipinski definition) is 0. The van der Waals surface area contributed by atoms with Crippen LogP contribution in [0.2, 0.25) is 0 Å². The maximum atomic E-state index is 12.9. The fourth-order valence-corrected chi connectivity index (χ4v) is 4.37. The van der Waals surface area contributed by atoms with Crippen LogP contribution in [-0.4, -0.2) is 71.3 Å². The second-order valence-corrected chi connectivity index (χ2v) is 8.03. The van der Waals surface area contributed by atoms with Crippen molar-refractivity contribution in [1.29, 1.82) is 0 Å². The largest absolute Gasteiger partial charge is 0.385 e. The number of carbonyl (C=O) groups excluding carboxylic acids is 2. The molecule has 0 N–H and O–H groups in total. The van der Waals surface area contributed by atoms with Crippen molar-refractivity contribution in [3.8, 4) is 0 Å². The first-order valence-corrected chi connectivity index (χ1v) is 10.1. The van der Waals surface area contributed by atoms with Crippen LogP contribution < -0.4 is 0 Å². The molecule has 2 saturated heterocycles. The molecule has 0 saturated carbocycles. The standard InChI is InChI=1S/C20H32N4O3/c1-4-6-16-13-17(22(2)21-16)19(26)23-10-7-20(8-11-23)14-18(25)24(15-20)9-5-12-27-3/h13H,4-12,14-15H2,1-3H3. The van der Waals surface area contributed by atoms with Gasteiger partial charge in [-0.15, -0.1) is 0 Å². The normalized spacial score (nSPS) is 19.3. The molecule has 3 rings (SSSR count). The van der Waals surface area contributed by atoms with Crippen molar-refractivity contribution in [2.45, 2.75) is 45.4 Å². The molecule has 2 fully saturated rings. The second kappa shape index (κ2) is 8.42. The lowest BCUT2D eigenvalue weighted by molar-refractivity contribution is -0.128. The minimum Gasteiger partial charge on any atom is -0.385 e. The number of aromatic nitrogens is 2. The van der Waals surface area contributed by atoms with E-state index in [4.69, 9.17) is 4.74 Å². The third-order valence-corrected chi connectivity index (χ3v) is 5.95. The van der Waals surface area contributed by atoms with Crippen LogP contribution in [0.4, 0.5) is 0 Å². The molecule has 2 aliphatic rings. The van der Waals surface area contributed by atoms with E-state index in [0.29, 0.717) is 31.8 Å². The number of hydrogen-bond acceptors (Lipinski definition) is 4. The van der Waals surface area contributed by atoms with Crippen molar-refractivity contribution < 1.29 is 14.3 Å². The van der Waals surface area contributed by atoms with Crippen LogP contribution in [0, 0.1) is 5.41 Å². The fourth-order valence-electron chi connectivity index (χ4n) is 4.37. The van der Waals surface area contributed by atoms with Gasteiger partial charge in [0.05, 0.1) is 5.69 Å². The summed E-state index contributed by atoms with van der Waals surface area (Å²) >= 11 is 0. The molecule has 1 spiro atoms. The maximum Gasteiger partial charge on any atom is 0.272 e. The van der Waals surface area contributed by atoms with Gasteiger partial charge in [-0.05, 0) is 31.7 Å². The lowest BCUT2D eigenvalue weighted by Gasteiger charge is -2.38.